The lowest BCUT2D eigenvalue weighted by atomic mass is 10.1. The van der Waals surface area contributed by atoms with Crippen LogP contribution in [0.25, 0.3) is 0 Å². The Bertz CT molecular complexity index is 408. The fraction of sp³-hybridized carbons (Fsp3) is 0.333. The number of hydrogen-bond donors (Lipinski definition) is 4. The van der Waals surface area contributed by atoms with Gasteiger partial charge < -0.3 is 21.3 Å². The smallest absolute Gasteiger partial charge is 0.332 e. The van der Waals surface area contributed by atoms with E-state index in [0.29, 0.717) is 5.56 Å². The van der Waals surface area contributed by atoms with Crippen LogP contribution in [0.2, 0.25) is 0 Å². The Morgan fingerprint density at radius 2 is 1.89 bits per heavy atom. The van der Waals surface area contributed by atoms with Gasteiger partial charge in [0.15, 0.2) is 6.10 Å². The summed E-state index contributed by atoms with van der Waals surface area (Å²) in [7, 11) is 0. The summed E-state index contributed by atoms with van der Waals surface area (Å²) in [4.78, 5) is 22.0. The molecule has 6 heteroatoms. The Labute approximate surface area is 104 Å². The van der Waals surface area contributed by atoms with Gasteiger partial charge in [0.2, 0.25) is 5.91 Å². The molecule has 0 heterocycles. The summed E-state index contributed by atoms with van der Waals surface area (Å²) >= 11 is 0. The monoisotopic (exact) mass is 252 g/mol. The van der Waals surface area contributed by atoms with E-state index in [2.05, 4.69) is 5.32 Å². The molecule has 0 aliphatic carbocycles. The molecule has 6 nitrogen and oxygen atoms in total. The van der Waals surface area contributed by atoms with Crippen LogP contribution in [0.4, 0.5) is 0 Å². The van der Waals surface area contributed by atoms with Crippen molar-refractivity contribution in [3.8, 4) is 0 Å². The van der Waals surface area contributed by atoms with Gasteiger partial charge in [-0.1, -0.05) is 30.3 Å². The Morgan fingerprint density at radius 1 is 1.28 bits per heavy atom. The molecule has 1 aromatic carbocycles. The quantitative estimate of drug-likeness (QED) is 0.552. The number of nitrogens with one attached hydrogen (secondary N) is 1. The number of carboxylic acid groups (broad SMARTS) is 1. The molecule has 0 saturated carbocycles. The van der Waals surface area contributed by atoms with Gasteiger partial charge in [-0.15, -0.1) is 0 Å². The minimum absolute atomic E-state index is 0.0530. The van der Waals surface area contributed by atoms with Crippen LogP contribution < -0.4 is 11.1 Å². The molecule has 0 bridgehead atoms. The number of carboxylic acids is 1. The van der Waals surface area contributed by atoms with Crippen LogP contribution in [0.5, 0.6) is 0 Å². The fourth-order valence-electron chi connectivity index (χ4n) is 1.38. The lowest BCUT2D eigenvalue weighted by Crippen LogP contribution is -2.36. The second-order valence-electron chi connectivity index (χ2n) is 3.82. The minimum Gasteiger partial charge on any atom is -0.479 e. The number of hydrogen-bond acceptors (Lipinski definition) is 4. The van der Waals surface area contributed by atoms with Gasteiger partial charge >= 0.3 is 5.97 Å². The largest absolute Gasteiger partial charge is 0.479 e. The normalized spacial score (nSPS) is 13.7. The average molecular weight is 252 g/mol. The Kier molecular flexibility index (Phi) is 5.29. The van der Waals surface area contributed by atoms with E-state index in [1.54, 1.807) is 24.3 Å². The van der Waals surface area contributed by atoms with Crippen LogP contribution in [0, 0.1) is 0 Å². The summed E-state index contributed by atoms with van der Waals surface area (Å²) < 4.78 is 0. The third-order valence-corrected chi connectivity index (χ3v) is 2.44. The maximum atomic E-state index is 11.6. The van der Waals surface area contributed by atoms with E-state index >= 15 is 0 Å². The molecule has 1 aromatic rings. The van der Waals surface area contributed by atoms with Crippen molar-refractivity contribution in [1.82, 2.24) is 5.32 Å². The number of rotatable bonds is 6. The lowest BCUT2D eigenvalue weighted by Gasteiger charge is -2.13. The van der Waals surface area contributed by atoms with Crippen LogP contribution >= 0.6 is 0 Å². The van der Waals surface area contributed by atoms with Crippen LogP contribution in [0.1, 0.15) is 18.0 Å². The molecule has 1 unspecified atom stereocenters. The van der Waals surface area contributed by atoms with Crippen molar-refractivity contribution in [3.05, 3.63) is 35.9 Å². The van der Waals surface area contributed by atoms with E-state index < -0.39 is 24.0 Å². The number of nitrogens with two attached hydrogens (primary N) is 1. The molecule has 0 aliphatic heterocycles. The first-order chi connectivity index (χ1) is 8.52. The molecule has 1 rings (SSSR count). The van der Waals surface area contributed by atoms with Crippen LogP contribution in [0.15, 0.2) is 30.3 Å². The Balaban J connectivity index is 2.40. The van der Waals surface area contributed by atoms with Crippen molar-refractivity contribution < 1.29 is 19.8 Å². The highest BCUT2D eigenvalue weighted by Gasteiger charge is 2.17. The predicted octanol–water partition coefficient (Wildman–Crippen LogP) is -0.362. The maximum Gasteiger partial charge on any atom is 0.332 e. The van der Waals surface area contributed by atoms with Crippen molar-refractivity contribution >= 4 is 11.9 Å². The zero-order valence-corrected chi connectivity index (χ0v) is 9.74. The summed E-state index contributed by atoms with van der Waals surface area (Å²) in [6.45, 7) is 0.0623. The summed E-state index contributed by atoms with van der Waals surface area (Å²) in [6.07, 6.45) is -1.53. The summed E-state index contributed by atoms with van der Waals surface area (Å²) in [5.41, 5.74) is 6.40. The van der Waals surface area contributed by atoms with Crippen LogP contribution in [0.3, 0.4) is 0 Å². The van der Waals surface area contributed by atoms with Gasteiger partial charge in [0.05, 0.1) is 0 Å². The average Bonchev–Trinajstić information content (AvgIpc) is 2.38. The molecule has 0 aliphatic rings. The summed E-state index contributed by atoms with van der Waals surface area (Å²) in [6, 6.07) is 8.03. The minimum atomic E-state index is -1.47. The van der Waals surface area contributed by atoms with E-state index in [9.17, 15) is 9.59 Å². The third-order valence-electron chi connectivity index (χ3n) is 2.44. The molecule has 0 spiro atoms. The van der Waals surface area contributed by atoms with Crippen molar-refractivity contribution in [2.75, 3.05) is 6.54 Å². The number of aliphatic hydroxyl groups excluding tert-OH is 1. The highest BCUT2D eigenvalue weighted by molar-refractivity contribution is 5.82. The molecule has 98 valence electrons. The standard InChI is InChI=1S/C12H16N2O4/c13-10(8-4-2-1-3-5-8)11(16)14-7-6-9(15)12(17)18/h1-5,9-10,15H,6-7,13H2,(H,14,16)(H,17,18)/t9?,10-/m0/s1. The van der Waals surface area contributed by atoms with Gasteiger partial charge in [0.25, 0.3) is 0 Å². The number of benzene rings is 1. The summed E-state index contributed by atoms with van der Waals surface area (Å²) in [5, 5.41) is 19.9. The molecule has 1 amide bonds. The van der Waals surface area contributed by atoms with E-state index in [-0.39, 0.29) is 13.0 Å². The van der Waals surface area contributed by atoms with E-state index in [0.717, 1.165) is 0 Å². The molecular weight excluding hydrogens is 236 g/mol. The molecular formula is C12H16N2O4. The number of aliphatic carboxylic acids is 1. The van der Waals surface area contributed by atoms with Gasteiger partial charge in [-0.3, -0.25) is 4.79 Å². The molecule has 0 saturated heterocycles. The zero-order valence-electron chi connectivity index (χ0n) is 9.74. The number of amides is 1. The zero-order chi connectivity index (χ0) is 13.5. The Hall–Kier alpha value is -1.92. The van der Waals surface area contributed by atoms with Crippen LogP contribution in [-0.2, 0) is 9.59 Å². The maximum absolute atomic E-state index is 11.6. The van der Waals surface area contributed by atoms with Gasteiger partial charge in [0, 0.05) is 13.0 Å². The summed E-state index contributed by atoms with van der Waals surface area (Å²) in [5.74, 6) is -1.71. The van der Waals surface area contributed by atoms with E-state index in [1.807, 2.05) is 6.07 Å². The van der Waals surface area contributed by atoms with Gasteiger partial charge in [-0.2, -0.15) is 0 Å². The van der Waals surface area contributed by atoms with Crippen molar-refractivity contribution in [2.45, 2.75) is 18.6 Å². The number of carbonyl (C=O) groups excluding carboxylic acids is 1. The molecule has 5 N–H and O–H groups in total. The third kappa shape index (κ3) is 4.15. The molecule has 2 atom stereocenters. The first kappa shape index (κ1) is 14.1. The topological polar surface area (TPSA) is 113 Å². The molecule has 0 aromatic heterocycles. The first-order valence-corrected chi connectivity index (χ1v) is 5.51. The van der Waals surface area contributed by atoms with Gasteiger partial charge in [0.1, 0.15) is 6.04 Å². The lowest BCUT2D eigenvalue weighted by molar-refractivity contribution is -0.147. The number of aliphatic hydroxyl groups is 1. The number of carbonyl (C=O) groups is 2. The SMILES string of the molecule is N[C@H](C(=O)NCCC(O)C(=O)O)c1ccccc1. The van der Waals surface area contributed by atoms with Crippen molar-refractivity contribution in [2.24, 2.45) is 5.73 Å². The van der Waals surface area contributed by atoms with E-state index in [4.69, 9.17) is 15.9 Å². The second-order valence-corrected chi connectivity index (χ2v) is 3.82. The highest BCUT2D eigenvalue weighted by Crippen LogP contribution is 2.09. The van der Waals surface area contributed by atoms with Crippen molar-refractivity contribution in [3.63, 3.8) is 0 Å². The van der Waals surface area contributed by atoms with Crippen molar-refractivity contribution in [1.29, 1.82) is 0 Å². The second kappa shape index (κ2) is 6.73. The fourth-order valence-corrected chi connectivity index (χ4v) is 1.38. The van der Waals surface area contributed by atoms with Crippen LogP contribution in [-0.4, -0.2) is 34.7 Å². The van der Waals surface area contributed by atoms with Gasteiger partial charge in [-0.25, -0.2) is 4.79 Å². The molecule has 0 radical (unpaired) electrons. The molecule has 0 fully saturated rings. The highest BCUT2D eigenvalue weighted by atomic mass is 16.4. The van der Waals surface area contributed by atoms with Gasteiger partial charge in [-0.05, 0) is 5.56 Å². The predicted molar refractivity (Wildman–Crippen MR) is 64.6 cm³/mol. The Morgan fingerprint density at radius 3 is 2.44 bits per heavy atom. The first-order valence-electron chi connectivity index (χ1n) is 5.51. The molecule has 18 heavy (non-hydrogen) atoms. The van der Waals surface area contributed by atoms with E-state index in [1.165, 1.54) is 0 Å².